The molecule has 0 bridgehead atoms. The summed E-state index contributed by atoms with van der Waals surface area (Å²) in [5.41, 5.74) is 7.60. The first kappa shape index (κ1) is 13.6. The summed E-state index contributed by atoms with van der Waals surface area (Å²) in [7, 11) is 0. The molecule has 5 nitrogen and oxygen atoms in total. The van der Waals surface area contributed by atoms with Crippen LogP contribution in [0.2, 0.25) is 0 Å². The minimum atomic E-state index is -1.12. The first-order valence-corrected chi connectivity index (χ1v) is 5.98. The Morgan fingerprint density at radius 2 is 1.90 bits per heavy atom. The molecule has 0 spiro atoms. The molecule has 0 aliphatic rings. The van der Waals surface area contributed by atoms with Gasteiger partial charge in [-0.2, -0.15) is 0 Å². The SMILES string of the molecule is Cc1cccc(C(=O)Nc2cc(N)ccc2C(=O)O)c1. The van der Waals surface area contributed by atoms with E-state index in [1.807, 2.05) is 13.0 Å². The van der Waals surface area contributed by atoms with Crippen molar-refractivity contribution in [3.05, 3.63) is 59.2 Å². The summed E-state index contributed by atoms with van der Waals surface area (Å²) in [6.45, 7) is 1.87. The maximum atomic E-state index is 12.1. The quantitative estimate of drug-likeness (QED) is 0.747. The molecule has 0 aromatic heterocycles. The first-order valence-electron chi connectivity index (χ1n) is 5.98. The summed E-state index contributed by atoms with van der Waals surface area (Å²) in [4.78, 5) is 23.2. The molecule has 20 heavy (non-hydrogen) atoms. The second kappa shape index (κ2) is 5.44. The molecule has 2 aromatic carbocycles. The molecule has 5 heteroatoms. The van der Waals surface area contributed by atoms with Crippen LogP contribution >= 0.6 is 0 Å². The van der Waals surface area contributed by atoms with E-state index in [9.17, 15) is 9.59 Å². The molecule has 0 aliphatic heterocycles. The van der Waals surface area contributed by atoms with Crippen molar-refractivity contribution in [2.24, 2.45) is 0 Å². The van der Waals surface area contributed by atoms with Gasteiger partial charge in [0.05, 0.1) is 11.3 Å². The van der Waals surface area contributed by atoms with E-state index in [0.29, 0.717) is 11.3 Å². The van der Waals surface area contributed by atoms with Gasteiger partial charge in [0.25, 0.3) is 5.91 Å². The smallest absolute Gasteiger partial charge is 0.337 e. The van der Waals surface area contributed by atoms with Gasteiger partial charge >= 0.3 is 5.97 Å². The zero-order valence-electron chi connectivity index (χ0n) is 10.9. The van der Waals surface area contributed by atoms with Gasteiger partial charge in [-0.25, -0.2) is 4.79 Å². The molecule has 2 rings (SSSR count). The van der Waals surface area contributed by atoms with Crippen LogP contribution in [0.5, 0.6) is 0 Å². The number of anilines is 2. The largest absolute Gasteiger partial charge is 0.478 e. The number of rotatable bonds is 3. The first-order chi connectivity index (χ1) is 9.47. The number of carbonyl (C=O) groups excluding carboxylic acids is 1. The summed E-state index contributed by atoms with van der Waals surface area (Å²) in [6.07, 6.45) is 0. The van der Waals surface area contributed by atoms with E-state index in [1.54, 1.807) is 18.2 Å². The van der Waals surface area contributed by atoms with E-state index in [4.69, 9.17) is 10.8 Å². The number of hydrogen-bond acceptors (Lipinski definition) is 3. The van der Waals surface area contributed by atoms with Crippen LogP contribution < -0.4 is 11.1 Å². The van der Waals surface area contributed by atoms with Crippen molar-refractivity contribution in [2.75, 3.05) is 11.1 Å². The number of hydrogen-bond donors (Lipinski definition) is 3. The van der Waals surface area contributed by atoms with E-state index in [-0.39, 0.29) is 17.2 Å². The summed E-state index contributed by atoms with van der Waals surface area (Å²) >= 11 is 0. The standard InChI is InChI=1S/C15H14N2O3/c1-9-3-2-4-10(7-9)14(18)17-13-8-11(16)5-6-12(13)15(19)20/h2-8H,16H2,1H3,(H,17,18)(H,19,20). The topological polar surface area (TPSA) is 92.4 Å². The molecule has 0 saturated carbocycles. The van der Waals surface area contributed by atoms with E-state index in [2.05, 4.69) is 5.32 Å². The lowest BCUT2D eigenvalue weighted by atomic mass is 10.1. The number of aryl methyl sites for hydroxylation is 1. The van der Waals surface area contributed by atoms with Gasteiger partial charge in [0, 0.05) is 11.3 Å². The Morgan fingerprint density at radius 3 is 2.55 bits per heavy atom. The molecule has 0 unspecified atom stereocenters. The van der Waals surface area contributed by atoms with E-state index in [1.165, 1.54) is 18.2 Å². The number of carbonyl (C=O) groups is 2. The Hall–Kier alpha value is -2.82. The van der Waals surface area contributed by atoms with Crippen LogP contribution in [0.1, 0.15) is 26.3 Å². The Morgan fingerprint density at radius 1 is 1.15 bits per heavy atom. The summed E-state index contributed by atoms with van der Waals surface area (Å²) in [5, 5.41) is 11.7. The Bertz CT molecular complexity index is 681. The molecular formula is C15H14N2O3. The molecule has 0 radical (unpaired) electrons. The third kappa shape index (κ3) is 2.95. The van der Waals surface area contributed by atoms with Crippen molar-refractivity contribution in [3.63, 3.8) is 0 Å². The van der Waals surface area contributed by atoms with Crippen molar-refractivity contribution >= 4 is 23.3 Å². The van der Waals surface area contributed by atoms with Crippen LogP contribution in [0, 0.1) is 6.92 Å². The van der Waals surface area contributed by atoms with Crippen molar-refractivity contribution in [1.82, 2.24) is 0 Å². The lowest BCUT2D eigenvalue weighted by molar-refractivity contribution is 0.0698. The van der Waals surface area contributed by atoms with Gasteiger partial charge in [-0.3, -0.25) is 4.79 Å². The maximum absolute atomic E-state index is 12.1. The average Bonchev–Trinajstić information content (AvgIpc) is 2.38. The highest BCUT2D eigenvalue weighted by Crippen LogP contribution is 2.20. The summed E-state index contributed by atoms with van der Waals surface area (Å²) < 4.78 is 0. The molecular weight excluding hydrogens is 256 g/mol. The van der Waals surface area contributed by atoms with Gasteiger partial charge in [-0.05, 0) is 37.3 Å². The third-order valence-electron chi connectivity index (χ3n) is 2.80. The lowest BCUT2D eigenvalue weighted by Gasteiger charge is -2.09. The molecule has 0 saturated heterocycles. The predicted molar refractivity (Wildman–Crippen MR) is 76.9 cm³/mol. The van der Waals surface area contributed by atoms with Crippen LogP contribution in [0.15, 0.2) is 42.5 Å². The zero-order chi connectivity index (χ0) is 14.7. The number of nitrogens with one attached hydrogen (secondary N) is 1. The third-order valence-corrected chi connectivity index (χ3v) is 2.80. The highest BCUT2D eigenvalue weighted by Gasteiger charge is 2.13. The number of nitrogens with two attached hydrogens (primary N) is 1. The number of aromatic carboxylic acids is 1. The fourth-order valence-electron chi connectivity index (χ4n) is 1.83. The normalized spacial score (nSPS) is 10.1. The van der Waals surface area contributed by atoms with Crippen molar-refractivity contribution in [1.29, 1.82) is 0 Å². The van der Waals surface area contributed by atoms with Gasteiger partial charge in [0.2, 0.25) is 0 Å². The van der Waals surface area contributed by atoms with Gasteiger partial charge in [-0.1, -0.05) is 17.7 Å². The molecule has 0 aliphatic carbocycles. The fourth-order valence-corrected chi connectivity index (χ4v) is 1.83. The van der Waals surface area contributed by atoms with E-state index in [0.717, 1.165) is 5.56 Å². The highest BCUT2D eigenvalue weighted by molar-refractivity contribution is 6.08. The van der Waals surface area contributed by atoms with Gasteiger partial charge in [-0.15, -0.1) is 0 Å². The Kier molecular flexibility index (Phi) is 3.70. The number of amides is 1. The average molecular weight is 270 g/mol. The predicted octanol–water partition coefficient (Wildman–Crippen LogP) is 2.53. The molecule has 0 atom stereocenters. The molecule has 0 heterocycles. The van der Waals surface area contributed by atoms with Crippen molar-refractivity contribution in [2.45, 2.75) is 6.92 Å². The van der Waals surface area contributed by atoms with Crippen molar-refractivity contribution < 1.29 is 14.7 Å². The van der Waals surface area contributed by atoms with Crippen LogP contribution in [0.4, 0.5) is 11.4 Å². The number of carboxylic acid groups (broad SMARTS) is 1. The van der Waals surface area contributed by atoms with Crippen LogP contribution in [0.3, 0.4) is 0 Å². The lowest BCUT2D eigenvalue weighted by Crippen LogP contribution is -2.15. The molecule has 1 amide bonds. The number of benzene rings is 2. The second-order valence-corrected chi connectivity index (χ2v) is 4.43. The maximum Gasteiger partial charge on any atom is 0.337 e. The van der Waals surface area contributed by atoms with E-state index < -0.39 is 5.97 Å². The summed E-state index contributed by atoms with van der Waals surface area (Å²) in [5.74, 6) is -1.49. The minimum absolute atomic E-state index is 0.000188. The van der Waals surface area contributed by atoms with Crippen LogP contribution in [0.25, 0.3) is 0 Å². The molecule has 4 N–H and O–H groups in total. The Balaban J connectivity index is 2.32. The van der Waals surface area contributed by atoms with Gasteiger partial charge < -0.3 is 16.2 Å². The van der Waals surface area contributed by atoms with E-state index >= 15 is 0 Å². The minimum Gasteiger partial charge on any atom is -0.478 e. The molecule has 2 aromatic rings. The number of carboxylic acids is 1. The second-order valence-electron chi connectivity index (χ2n) is 4.43. The molecule has 0 fully saturated rings. The fraction of sp³-hybridized carbons (Fsp3) is 0.0667. The molecule has 102 valence electrons. The monoisotopic (exact) mass is 270 g/mol. The van der Waals surface area contributed by atoms with Crippen LogP contribution in [-0.4, -0.2) is 17.0 Å². The van der Waals surface area contributed by atoms with Gasteiger partial charge in [0.15, 0.2) is 0 Å². The highest BCUT2D eigenvalue weighted by atomic mass is 16.4. The zero-order valence-corrected chi connectivity index (χ0v) is 10.9. The Labute approximate surface area is 116 Å². The van der Waals surface area contributed by atoms with Crippen molar-refractivity contribution in [3.8, 4) is 0 Å². The van der Waals surface area contributed by atoms with Crippen LogP contribution in [-0.2, 0) is 0 Å². The van der Waals surface area contributed by atoms with Gasteiger partial charge in [0.1, 0.15) is 0 Å². The summed E-state index contributed by atoms with van der Waals surface area (Å²) in [6, 6.07) is 11.3. The number of nitrogen functional groups attached to an aromatic ring is 1.